The average Bonchev–Trinajstić information content (AvgIpc) is 2.36. The van der Waals surface area contributed by atoms with Crippen LogP contribution in [0.2, 0.25) is 0 Å². The number of unbranched alkanes of at least 4 members (excludes halogenated alkanes) is 48. The lowest BCUT2D eigenvalue weighted by atomic mass is 9.99. The quantitative estimate of drug-likeness (QED) is 0.0261. The molecule has 0 saturated carbocycles. The number of aliphatic hydroxyl groups is 5. The molecular weight excluding hydrogens is 1070 g/mol. The van der Waals surface area contributed by atoms with Gasteiger partial charge in [0.25, 0.3) is 0 Å². The van der Waals surface area contributed by atoms with Gasteiger partial charge in [0.05, 0.1) is 25.4 Å². The first kappa shape index (κ1) is 81.9. The molecule has 6 N–H and O–H groups in total. The van der Waals surface area contributed by atoms with Gasteiger partial charge in [0.2, 0.25) is 5.91 Å². The Labute approximate surface area is 532 Å². The van der Waals surface area contributed by atoms with Crippen LogP contribution in [0.3, 0.4) is 0 Å². The van der Waals surface area contributed by atoms with Gasteiger partial charge in [0.15, 0.2) is 6.29 Å². The molecule has 1 aliphatic rings. The summed E-state index contributed by atoms with van der Waals surface area (Å²) in [6, 6.07) is -0.805. The van der Waals surface area contributed by atoms with Gasteiger partial charge in [-0.1, -0.05) is 364 Å². The number of ether oxygens (including phenoxy) is 2. The zero-order valence-electron chi connectivity index (χ0n) is 56.6. The van der Waals surface area contributed by atoms with E-state index in [0.717, 1.165) is 64.2 Å². The van der Waals surface area contributed by atoms with Crippen LogP contribution in [0.25, 0.3) is 0 Å². The highest BCUT2D eigenvalue weighted by Crippen LogP contribution is 2.24. The van der Waals surface area contributed by atoms with Gasteiger partial charge >= 0.3 is 0 Å². The molecule has 86 heavy (non-hydrogen) atoms. The van der Waals surface area contributed by atoms with Crippen LogP contribution in [-0.4, -0.2) is 87.5 Å². The fraction of sp³-hybridized carbons (Fsp3) is 0.857. The van der Waals surface area contributed by atoms with Gasteiger partial charge in [-0.05, 0) is 57.8 Å². The molecule has 9 nitrogen and oxygen atoms in total. The predicted octanol–water partition coefficient (Wildman–Crippen LogP) is 20.9. The summed E-state index contributed by atoms with van der Waals surface area (Å²) in [7, 11) is 0. The molecule has 0 aromatic carbocycles. The second-order valence-electron chi connectivity index (χ2n) is 26.1. The highest BCUT2D eigenvalue weighted by Gasteiger charge is 2.44. The lowest BCUT2D eigenvalue weighted by Gasteiger charge is -2.40. The molecule has 0 bridgehead atoms. The van der Waals surface area contributed by atoms with E-state index in [1.165, 1.54) is 283 Å². The molecule has 1 amide bonds. The smallest absolute Gasteiger partial charge is 0.220 e. The van der Waals surface area contributed by atoms with Crippen molar-refractivity contribution in [1.29, 1.82) is 0 Å². The third kappa shape index (κ3) is 53.7. The summed E-state index contributed by atoms with van der Waals surface area (Å²) in [5.41, 5.74) is 0. The molecule has 0 spiro atoms. The van der Waals surface area contributed by atoms with Crippen molar-refractivity contribution < 1.29 is 39.8 Å². The Morgan fingerprint density at radius 2 is 0.721 bits per heavy atom. The number of rotatable bonds is 66. The minimum absolute atomic E-state index is 0.169. The van der Waals surface area contributed by atoms with Crippen LogP contribution in [0.15, 0.2) is 60.8 Å². The number of aliphatic hydroxyl groups excluding tert-OH is 5. The summed E-state index contributed by atoms with van der Waals surface area (Å²) < 4.78 is 11.3. The summed E-state index contributed by atoms with van der Waals surface area (Å²) >= 11 is 0. The Morgan fingerprint density at radius 1 is 0.407 bits per heavy atom. The fourth-order valence-corrected chi connectivity index (χ4v) is 12.0. The Morgan fingerprint density at radius 3 is 1.07 bits per heavy atom. The van der Waals surface area contributed by atoms with Crippen LogP contribution in [0.5, 0.6) is 0 Å². The zero-order chi connectivity index (χ0) is 62.1. The number of carbonyl (C=O) groups excluding carboxylic acids is 1. The Bertz CT molecular complexity index is 1540. The van der Waals surface area contributed by atoms with Crippen molar-refractivity contribution in [2.75, 3.05) is 13.2 Å². The molecular formula is C77H143NO8. The van der Waals surface area contributed by atoms with Crippen molar-refractivity contribution >= 4 is 5.91 Å². The first-order valence-corrected chi connectivity index (χ1v) is 37.5. The molecule has 504 valence electrons. The maximum absolute atomic E-state index is 13.1. The van der Waals surface area contributed by atoms with Gasteiger partial charge < -0.3 is 40.3 Å². The third-order valence-corrected chi connectivity index (χ3v) is 17.8. The lowest BCUT2D eigenvalue weighted by molar-refractivity contribution is -0.302. The highest BCUT2D eigenvalue weighted by molar-refractivity contribution is 5.76. The Kier molecular flexibility index (Phi) is 62.7. The Balaban J connectivity index is 2.04. The standard InChI is InChI=1S/C77H143NO8/c1-3-5-7-9-11-13-15-17-19-21-23-25-27-28-29-30-31-32-33-34-35-36-37-38-39-40-41-42-43-44-45-47-49-51-53-55-57-59-61-63-65-67-73(81)78-70(69-85-77-76(84)75(83)74(82)72(68-79)86-77)71(80)66-64-62-60-58-56-54-52-50-48-46-26-24-22-20-18-16-14-12-10-8-6-4-2/h5,7,11,13,17,19,23,25,64,66,70-72,74-77,79-80,82-84H,3-4,6,8-10,12,14-16,18,20-22,24,26-63,65,67-69H2,1-2H3,(H,78,81)/b7-5-,13-11-,19-17-,25-23-,66-64+. The SMILES string of the molecule is CC/C=C\C/C=C\C/C=C\C/C=C\CCCCCCCCCCCCCCCCCCCCCCCCCCCCCCC(=O)NC(COC1OC(CO)C(O)C(O)C1O)C(O)/C=C/CCCCCCCCCCCCCCCCCCCCCC. The topological polar surface area (TPSA) is 149 Å². The van der Waals surface area contributed by atoms with Crippen molar-refractivity contribution in [3.05, 3.63) is 60.8 Å². The molecule has 7 atom stereocenters. The molecule has 0 aromatic rings. The highest BCUT2D eigenvalue weighted by atomic mass is 16.7. The van der Waals surface area contributed by atoms with Crippen LogP contribution in [0.4, 0.5) is 0 Å². The molecule has 1 saturated heterocycles. The van der Waals surface area contributed by atoms with Gasteiger partial charge in [0.1, 0.15) is 24.4 Å². The van der Waals surface area contributed by atoms with E-state index in [2.05, 4.69) is 67.8 Å². The van der Waals surface area contributed by atoms with Crippen molar-refractivity contribution in [2.24, 2.45) is 0 Å². The van der Waals surface area contributed by atoms with Crippen molar-refractivity contribution in [3.8, 4) is 0 Å². The maximum atomic E-state index is 13.1. The van der Waals surface area contributed by atoms with Crippen LogP contribution < -0.4 is 5.32 Å². The molecule has 1 heterocycles. The summed E-state index contributed by atoms with van der Waals surface area (Å²) in [5.74, 6) is -0.169. The number of nitrogens with one attached hydrogen (secondary N) is 1. The van der Waals surface area contributed by atoms with Crippen LogP contribution in [0.1, 0.15) is 367 Å². The fourth-order valence-electron chi connectivity index (χ4n) is 12.0. The van der Waals surface area contributed by atoms with E-state index in [0.29, 0.717) is 6.42 Å². The molecule has 1 aliphatic heterocycles. The molecule has 0 aliphatic carbocycles. The van der Waals surface area contributed by atoms with E-state index in [9.17, 15) is 30.3 Å². The number of carbonyl (C=O) groups is 1. The minimum atomic E-state index is -1.57. The molecule has 0 aromatic heterocycles. The van der Waals surface area contributed by atoms with Gasteiger partial charge in [-0.25, -0.2) is 0 Å². The number of amides is 1. The maximum Gasteiger partial charge on any atom is 0.220 e. The van der Waals surface area contributed by atoms with E-state index in [1.54, 1.807) is 6.08 Å². The van der Waals surface area contributed by atoms with E-state index in [4.69, 9.17) is 9.47 Å². The largest absolute Gasteiger partial charge is 0.394 e. The van der Waals surface area contributed by atoms with Gasteiger partial charge in [0, 0.05) is 6.42 Å². The summed E-state index contributed by atoms with van der Waals surface area (Å²) in [6.07, 6.45) is 85.0. The summed E-state index contributed by atoms with van der Waals surface area (Å²) in [5, 5.41) is 54.8. The first-order valence-electron chi connectivity index (χ1n) is 37.5. The number of allylic oxidation sites excluding steroid dienone is 9. The van der Waals surface area contributed by atoms with E-state index < -0.39 is 49.5 Å². The Hall–Kier alpha value is -2.11. The minimum Gasteiger partial charge on any atom is -0.394 e. The summed E-state index contributed by atoms with van der Waals surface area (Å²) in [6.45, 7) is 3.72. The van der Waals surface area contributed by atoms with Gasteiger partial charge in [-0.2, -0.15) is 0 Å². The lowest BCUT2D eigenvalue weighted by Crippen LogP contribution is -2.60. The predicted molar refractivity (Wildman–Crippen MR) is 369 cm³/mol. The third-order valence-electron chi connectivity index (χ3n) is 17.8. The van der Waals surface area contributed by atoms with Crippen molar-refractivity contribution in [3.63, 3.8) is 0 Å². The second kappa shape index (κ2) is 65.8. The number of hydrogen-bond donors (Lipinski definition) is 6. The molecule has 7 unspecified atom stereocenters. The van der Waals surface area contributed by atoms with Crippen molar-refractivity contribution in [2.45, 2.75) is 410 Å². The monoisotopic (exact) mass is 1210 g/mol. The molecule has 1 rings (SSSR count). The molecule has 9 heteroatoms. The molecule has 0 radical (unpaired) electrons. The van der Waals surface area contributed by atoms with Crippen LogP contribution in [-0.2, 0) is 14.3 Å². The van der Waals surface area contributed by atoms with Crippen LogP contribution >= 0.6 is 0 Å². The van der Waals surface area contributed by atoms with Gasteiger partial charge in [-0.3, -0.25) is 4.79 Å². The van der Waals surface area contributed by atoms with Gasteiger partial charge in [-0.15, -0.1) is 0 Å². The van der Waals surface area contributed by atoms with Crippen LogP contribution in [0, 0.1) is 0 Å². The number of hydrogen-bond acceptors (Lipinski definition) is 8. The average molecular weight is 1210 g/mol. The second-order valence-corrected chi connectivity index (χ2v) is 26.1. The van der Waals surface area contributed by atoms with Crippen molar-refractivity contribution in [1.82, 2.24) is 5.32 Å². The first-order chi connectivity index (χ1) is 42.3. The van der Waals surface area contributed by atoms with E-state index in [-0.39, 0.29) is 12.5 Å². The van der Waals surface area contributed by atoms with E-state index >= 15 is 0 Å². The summed E-state index contributed by atoms with van der Waals surface area (Å²) in [4.78, 5) is 13.1. The van der Waals surface area contributed by atoms with E-state index in [1.807, 2.05) is 6.08 Å². The normalized spacial score (nSPS) is 18.3. The molecule has 1 fully saturated rings. The zero-order valence-corrected chi connectivity index (χ0v) is 56.6.